The number of hydrogen-bond donors (Lipinski definition) is 2. The van der Waals surface area contributed by atoms with Gasteiger partial charge in [-0.2, -0.15) is 9.97 Å². The summed E-state index contributed by atoms with van der Waals surface area (Å²) in [6, 6.07) is 0.321. The van der Waals surface area contributed by atoms with E-state index >= 15 is 0 Å². The number of nitrogens with two attached hydrogens (primary N) is 1. The van der Waals surface area contributed by atoms with E-state index in [0.29, 0.717) is 29.6 Å². The molecule has 3 rings (SSSR count). The Kier molecular flexibility index (Phi) is 5.24. The van der Waals surface area contributed by atoms with Crippen molar-refractivity contribution in [3.8, 4) is 0 Å². The molecule has 8 nitrogen and oxygen atoms in total. The van der Waals surface area contributed by atoms with Gasteiger partial charge in [0.1, 0.15) is 0 Å². The molecule has 2 unspecified atom stereocenters. The van der Waals surface area contributed by atoms with Crippen LogP contribution >= 0.6 is 0 Å². The lowest BCUT2D eigenvalue weighted by Gasteiger charge is -2.35. The van der Waals surface area contributed by atoms with Gasteiger partial charge in [0.2, 0.25) is 17.6 Å². The van der Waals surface area contributed by atoms with Gasteiger partial charge in [0.25, 0.3) is 0 Å². The molecule has 1 aromatic rings. The van der Waals surface area contributed by atoms with Crippen molar-refractivity contribution in [3.05, 3.63) is 10.1 Å². The summed E-state index contributed by atoms with van der Waals surface area (Å²) in [4.78, 5) is 21.8. The van der Waals surface area contributed by atoms with Crippen molar-refractivity contribution < 1.29 is 4.92 Å². The molecule has 0 aromatic carbocycles. The van der Waals surface area contributed by atoms with Crippen molar-refractivity contribution in [1.29, 1.82) is 0 Å². The predicted molar refractivity (Wildman–Crippen MR) is 98.8 cm³/mol. The lowest BCUT2D eigenvalue weighted by molar-refractivity contribution is -0.383. The van der Waals surface area contributed by atoms with Gasteiger partial charge in [-0.25, -0.2) is 0 Å². The minimum absolute atomic E-state index is 0.0563. The van der Waals surface area contributed by atoms with Crippen molar-refractivity contribution in [1.82, 2.24) is 9.97 Å². The number of anilines is 3. The number of aromatic nitrogens is 2. The van der Waals surface area contributed by atoms with Crippen LogP contribution in [-0.4, -0.2) is 34.0 Å². The molecule has 0 radical (unpaired) electrons. The standard InChI is InChI=1S/C17H28N6O2/c1-11-8-12(2)10-22(9-11)16-14(23(24)25)15(18)20-17(21-16)19-13-6-4-3-5-7-13/h11-13H,3-10H2,1-2H3,(H3,18,19,20,21). The van der Waals surface area contributed by atoms with E-state index in [2.05, 4.69) is 29.1 Å². The molecule has 1 aromatic heterocycles. The number of nitrogens with one attached hydrogen (secondary N) is 1. The summed E-state index contributed by atoms with van der Waals surface area (Å²) in [6.45, 7) is 5.84. The molecule has 138 valence electrons. The number of nitrogens with zero attached hydrogens (tertiary/aromatic N) is 4. The predicted octanol–water partition coefficient (Wildman–Crippen LogP) is 3.19. The van der Waals surface area contributed by atoms with Gasteiger partial charge in [-0.05, 0) is 31.1 Å². The fourth-order valence-electron chi connectivity index (χ4n) is 4.19. The molecule has 8 heteroatoms. The van der Waals surface area contributed by atoms with Crippen molar-refractivity contribution in [3.63, 3.8) is 0 Å². The maximum absolute atomic E-state index is 11.5. The van der Waals surface area contributed by atoms with E-state index < -0.39 is 4.92 Å². The Labute approximate surface area is 148 Å². The summed E-state index contributed by atoms with van der Waals surface area (Å²) >= 11 is 0. The van der Waals surface area contributed by atoms with Crippen LogP contribution < -0.4 is 16.0 Å². The van der Waals surface area contributed by atoms with Crippen LogP contribution in [0.4, 0.5) is 23.3 Å². The average molecular weight is 348 g/mol. The SMILES string of the molecule is CC1CC(C)CN(c2nc(NC3CCCCC3)nc(N)c2[N+](=O)[O-])C1. The molecule has 0 bridgehead atoms. The largest absolute Gasteiger partial charge is 0.378 e. The molecule has 25 heavy (non-hydrogen) atoms. The molecule has 2 aliphatic rings. The highest BCUT2D eigenvalue weighted by atomic mass is 16.6. The van der Waals surface area contributed by atoms with Crippen LogP contribution in [0.25, 0.3) is 0 Å². The number of nitro groups is 1. The fourth-order valence-corrected chi connectivity index (χ4v) is 4.19. The van der Waals surface area contributed by atoms with E-state index in [1.807, 2.05) is 4.90 Å². The number of piperidine rings is 1. The molecular formula is C17H28N6O2. The second-order valence-corrected chi connectivity index (χ2v) is 7.69. The van der Waals surface area contributed by atoms with Gasteiger partial charge >= 0.3 is 5.69 Å². The number of nitrogen functional groups attached to an aromatic ring is 1. The lowest BCUT2D eigenvalue weighted by atomic mass is 9.92. The number of hydrogen-bond acceptors (Lipinski definition) is 7. The van der Waals surface area contributed by atoms with E-state index in [-0.39, 0.29) is 11.5 Å². The monoisotopic (exact) mass is 348 g/mol. The van der Waals surface area contributed by atoms with Gasteiger partial charge in [-0.15, -0.1) is 0 Å². The molecule has 1 aliphatic heterocycles. The van der Waals surface area contributed by atoms with Crippen LogP contribution in [0.5, 0.6) is 0 Å². The van der Waals surface area contributed by atoms with Crippen LogP contribution in [0.15, 0.2) is 0 Å². The second kappa shape index (κ2) is 7.41. The normalized spacial score (nSPS) is 25.0. The van der Waals surface area contributed by atoms with Gasteiger partial charge in [-0.1, -0.05) is 33.1 Å². The van der Waals surface area contributed by atoms with E-state index in [1.54, 1.807) is 0 Å². The van der Waals surface area contributed by atoms with Gasteiger partial charge in [0, 0.05) is 19.1 Å². The Bertz CT molecular complexity index is 622. The Hall–Kier alpha value is -2.12. The third-order valence-corrected chi connectivity index (χ3v) is 5.18. The molecule has 2 heterocycles. The van der Waals surface area contributed by atoms with Crippen LogP contribution in [0.3, 0.4) is 0 Å². The Morgan fingerprint density at radius 3 is 2.40 bits per heavy atom. The third kappa shape index (κ3) is 4.11. The second-order valence-electron chi connectivity index (χ2n) is 7.69. The van der Waals surface area contributed by atoms with Gasteiger partial charge in [0.05, 0.1) is 4.92 Å². The Balaban J connectivity index is 1.91. The molecule has 1 saturated carbocycles. The lowest BCUT2D eigenvalue weighted by Crippen LogP contribution is -2.40. The van der Waals surface area contributed by atoms with Crippen molar-refractivity contribution in [2.75, 3.05) is 29.0 Å². The van der Waals surface area contributed by atoms with Crippen LogP contribution in [0.1, 0.15) is 52.4 Å². The molecule has 2 fully saturated rings. The zero-order valence-electron chi connectivity index (χ0n) is 15.1. The van der Waals surface area contributed by atoms with Crippen molar-refractivity contribution in [2.24, 2.45) is 11.8 Å². The van der Waals surface area contributed by atoms with Crippen molar-refractivity contribution >= 4 is 23.3 Å². The van der Waals surface area contributed by atoms with E-state index in [4.69, 9.17) is 5.73 Å². The first-order valence-corrected chi connectivity index (χ1v) is 9.27. The summed E-state index contributed by atoms with van der Waals surface area (Å²) in [6.07, 6.45) is 6.91. The van der Waals surface area contributed by atoms with Crippen LogP contribution in [0.2, 0.25) is 0 Å². The Morgan fingerprint density at radius 2 is 1.80 bits per heavy atom. The van der Waals surface area contributed by atoms with E-state index in [9.17, 15) is 10.1 Å². The minimum Gasteiger partial charge on any atom is -0.378 e. The van der Waals surface area contributed by atoms with Gasteiger partial charge < -0.3 is 16.0 Å². The molecule has 2 atom stereocenters. The average Bonchev–Trinajstić information content (AvgIpc) is 2.54. The summed E-state index contributed by atoms with van der Waals surface area (Å²) in [5, 5.41) is 14.9. The first-order chi connectivity index (χ1) is 11.9. The summed E-state index contributed by atoms with van der Waals surface area (Å²) in [7, 11) is 0. The van der Waals surface area contributed by atoms with E-state index in [0.717, 1.165) is 32.4 Å². The maximum atomic E-state index is 11.5. The quantitative estimate of drug-likeness (QED) is 0.635. The highest BCUT2D eigenvalue weighted by molar-refractivity contribution is 5.71. The molecule has 0 amide bonds. The van der Waals surface area contributed by atoms with Crippen molar-refractivity contribution in [2.45, 2.75) is 58.4 Å². The highest BCUT2D eigenvalue weighted by Gasteiger charge is 2.32. The van der Waals surface area contributed by atoms with Crippen LogP contribution in [0, 0.1) is 22.0 Å². The van der Waals surface area contributed by atoms with E-state index in [1.165, 1.54) is 19.3 Å². The molecule has 1 aliphatic carbocycles. The summed E-state index contributed by atoms with van der Waals surface area (Å²) in [5.41, 5.74) is 5.77. The fraction of sp³-hybridized carbons (Fsp3) is 0.765. The number of rotatable bonds is 4. The highest BCUT2D eigenvalue weighted by Crippen LogP contribution is 2.35. The Morgan fingerprint density at radius 1 is 1.16 bits per heavy atom. The first-order valence-electron chi connectivity index (χ1n) is 9.27. The minimum atomic E-state index is -0.459. The zero-order valence-corrected chi connectivity index (χ0v) is 15.1. The topological polar surface area (TPSA) is 110 Å². The summed E-state index contributed by atoms with van der Waals surface area (Å²) in [5.74, 6) is 1.65. The molecular weight excluding hydrogens is 320 g/mol. The zero-order chi connectivity index (χ0) is 18.0. The summed E-state index contributed by atoms with van der Waals surface area (Å²) < 4.78 is 0. The maximum Gasteiger partial charge on any atom is 0.353 e. The molecule has 0 spiro atoms. The molecule has 3 N–H and O–H groups in total. The third-order valence-electron chi connectivity index (χ3n) is 5.18. The van der Waals surface area contributed by atoms with Gasteiger partial charge in [0.15, 0.2) is 0 Å². The molecule has 1 saturated heterocycles. The van der Waals surface area contributed by atoms with Gasteiger partial charge in [-0.3, -0.25) is 10.1 Å². The van der Waals surface area contributed by atoms with Crippen LogP contribution in [-0.2, 0) is 0 Å². The first kappa shape index (κ1) is 17.7. The smallest absolute Gasteiger partial charge is 0.353 e.